The van der Waals surface area contributed by atoms with E-state index < -0.39 is 23.1 Å². The zero-order valence-electron chi connectivity index (χ0n) is 25.5. The molecule has 2 aromatic heterocycles. The predicted octanol–water partition coefficient (Wildman–Crippen LogP) is 6.46. The third-order valence-electron chi connectivity index (χ3n) is 10.3. The second-order valence-electron chi connectivity index (χ2n) is 13.8. The number of aromatic nitrogens is 4. The lowest BCUT2D eigenvalue weighted by Crippen LogP contribution is -2.47. The van der Waals surface area contributed by atoms with Gasteiger partial charge in [0.25, 0.3) is 5.91 Å². The molecule has 8 nitrogen and oxygen atoms in total. The van der Waals surface area contributed by atoms with Crippen LogP contribution in [0.15, 0.2) is 30.6 Å². The number of hydrogen-bond donors (Lipinski definition) is 1. The molecule has 234 valence electrons. The molecule has 3 aliphatic carbocycles. The number of carbonyl (C=O) groups is 1. The van der Waals surface area contributed by atoms with Crippen molar-refractivity contribution in [3.63, 3.8) is 0 Å². The van der Waals surface area contributed by atoms with E-state index in [0.29, 0.717) is 23.2 Å². The van der Waals surface area contributed by atoms with Crippen molar-refractivity contribution < 1.29 is 22.7 Å². The van der Waals surface area contributed by atoms with Gasteiger partial charge in [0.05, 0.1) is 17.5 Å². The number of pyridine rings is 1. The summed E-state index contributed by atoms with van der Waals surface area (Å²) in [5.74, 6) is 1.47. The maximum absolute atomic E-state index is 14.4. The molecule has 1 aromatic carbocycles. The first kappa shape index (κ1) is 29.3. The molecule has 3 heterocycles. The third-order valence-corrected chi connectivity index (χ3v) is 10.3. The summed E-state index contributed by atoms with van der Waals surface area (Å²) in [6, 6.07) is 6.60. The number of hydrogen-bond acceptors (Lipinski definition) is 6. The van der Waals surface area contributed by atoms with Gasteiger partial charge in [-0.15, -0.1) is 10.2 Å². The van der Waals surface area contributed by atoms with Crippen molar-refractivity contribution in [2.75, 3.05) is 4.90 Å². The van der Waals surface area contributed by atoms with Gasteiger partial charge in [-0.3, -0.25) is 9.69 Å². The molecular formula is C33H39F3N6O2. The second kappa shape index (κ2) is 10.6. The molecule has 0 bridgehead atoms. The van der Waals surface area contributed by atoms with E-state index in [-0.39, 0.29) is 35.9 Å². The number of ether oxygens (including phenoxy) is 1. The number of halogens is 3. The Hall–Kier alpha value is -3.47. The van der Waals surface area contributed by atoms with Gasteiger partial charge in [-0.1, -0.05) is 6.92 Å². The maximum atomic E-state index is 14.4. The first-order valence-electron chi connectivity index (χ1n) is 15.8. The zero-order valence-corrected chi connectivity index (χ0v) is 25.5. The lowest BCUT2D eigenvalue weighted by Gasteiger charge is -2.46. The van der Waals surface area contributed by atoms with E-state index in [1.807, 2.05) is 23.7 Å². The number of alkyl halides is 3. The van der Waals surface area contributed by atoms with Crippen molar-refractivity contribution in [3.8, 4) is 5.88 Å². The summed E-state index contributed by atoms with van der Waals surface area (Å²) in [4.78, 5) is 20.1. The SMILES string of the molecule is Cn1cnnc1[C@]1(c2cc(OC3CCCC3)nc(N3Cc4c(cc(CNC5(C)CCC5)cc4C(F)(F)F)C3=O)c2)C[C@@H](C)C1. The Labute approximate surface area is 255 Å². The van der Waals surface area contributed by atoms with Crippen LogP contribution in [0.3, 0.4) is 0 Å². The average Bonchev–Trinajstić information content (AvgIpc) is 3.69. The summed E-state index contributed by atoms with van der Waals surface area (Å²) in [5.41, 5.74) is 0.125. The normalized spacial score (nSPS) is 24.7. The molecule has 3 fully saturated rings. The fourth-order valence-corrected chi connectivity index (χ4v) is 7.74. The quantitative estimate of drug-likeness (QED) is 0.316. The molecule has 3 aromatic rings. The molecule has 0 saturated heterocycles. The Balaban J connectivity index is 1.28. The van der Waals surface area contributed by atoms with Crippen molar-refractivity contribution in [2.24, 2.45) is 13.0 Å². The Bertz CT molecular complexity index is 1580. The third kappa shape index (κ3) is 5.06. The van der Waals surface area contributed by atoms with Crippen molar-refractivity contribution >= 4 is 11.7 Å². The molecule has 1 amide bonds. The van der Waals surface area contributed by atoms with Crippen LogP contribution in [0.1, 0.15) is 110 Å². The molecule has 0 spiro atoms. The smallest absolute Gasteiger partial charge is 0.416 e. The van der Waals surface area contributed by atoms with Gasteiger partial charge >= 0.3 is 6.18 Å². The molecule has 0 atom stereocenters. The van der Waals surface area contributed by atoms with E-state index in [1.165, 1.54) is 11.0 Å². The molecule has 3 saturated carbocycles. The Morgan fingerprint density at radius 2 is 1.84 bits per heavy atom. The van der Waals surface area contributed by atoms with Crippen LogP contribution in [0.5, 0.6) is 5.88 Å². The van der Waals surface area contributed by atoms with E-state index in [1.54, 1.807) is 12.4 Å². The van der Waals surface area contributed by atoms with Crippen molar-refractivity contribution in [1.82, 2.24) is 25.1 Å². The highest BCUT2D eigenvalue weighted by Crippen LogP contribution is 2.53. The monoisotopic (exact) mass is 608 g/mol. The number of anilines is 1. The summed E-state index contributed by atoms with van der Waals surface area (Å²) in [6.45, 7) is 4.33. The van der Waals surface area contributed by atoms with Crippen molar-refractivity contribution in [1.29, 1.82) is 0 Å². The van der Waals surface area contributed by atoms with E-state index in [4.69, 9.17) is 9.72 Å². The lowest BCUT2D eigenvalue weighted by molar-refractivity contribution is -0.138. The largest absolute Gasteiger partial charge is 0.474 e. The van der Waals surface area contributed by atoms with Crippen LogP contribution in [-0.2, 0) is 31.7 Å². The number of amides is 1. The van der Waals surface area contributed by atoms with Gasteiger partial charge < -0.3 is 14.6 Å². The fourth-order valence-electron chi connectivity index (χ4n) is 7.74. The molecule has 1 N–H and O–H groups in total. The highest BCUT2D eigenvalue weighted by molar-refractivity contribution is 6.10. The minimum absolute atomic E-state index is 0.00755. The second-order valence-corrected chi connectivity index (χ2v) is 13.8. The molecule has 0 radical (unpaired) electrons. The van der Waals surface area contributed by atoms with Crippen LogP contribution in [0, 0.1) is 5.92 Å². The fraction of sp³-hybridized carbons (Fsp3) is 0.576. The van der Waals surface area contributed by atoms with Gasteiger partial charge in [0.2, 0.25) is 5.88 Å². The van der Waals surface area contributed by atoms with E-state index in [0.717, 1.165) is 69.2 Å². The van der Waals surface area contributed by atoms with Crippen LogP contribution in [0.2, 0.25) is 0 Å². The average molecular weight is 609 g/mol. The molecule has 11 heteroatoms. The molecule has 7 rings (SSSR count). The number of fused-ring (bicyclic) bond motifs is 1. The topological polar surface area (TPSA) is 85.2 Å². The molecule has 44 heavy (non-hydrogen) atoms. The minimum Gasteiger partial charge on any atom is -0.474 e. The van der Waals surface area contributed by atoms with Crippen molar-refractivity contribution in [2.45, 2.75) is 108 Å². The van der Waals surface area contributed by atoms with E-state index in [2.05, 4.69) is 29.4 Å². The molecule has 0 unspecified atom stereocenters. The summed E-state index contributed by atoms with van der Waals surface area (Å²) < 4.78 is 51.6. The summed E-state index contributed by atoms with van der Waals surface area (Å²) in [7, 11) is 1.91. The maximum Gasteiger partial charge on any atom is 0.416 e. The van der Waals surface area contributed by atoms with Crippen molar-refractivity contribution in [3.05, 3.63) is 64.2 Å². The van der Waals surface area contributed by atoms with E-state index in [9.17, 15) is 18.0 Å². The van der Waals surface area contributed by atoms with E-state index >= 15 is 0 Å². The van der Waals surface area contributed by atoms with Gasteiger partial charge in [-0.2, -0.15) is 18.2 Å². The highest BCUT2D eigenvalue weighted by atomic mass is 19.4. The number of rotatable bonds is 8. The lowest BCUT2D eigenvalue weighted by atomic mass is 9.58. The Morgan fingerprint density at radius 3 is 2.45 bits per heavy atom. The van der Waals surface area contributed by atoms with Crippen LogP contribution in [-0.4, -0.2) is 37.3 Å². The highest BCUT2D eigenvalue weighted by Gasteiger charge is 2.49. The first-order valence-corrected chi connectivity index (χ1v) is 15.8. The van der Waals surface area contributed by atoms with Gasteiger partial charge in [0.1, 0.15) is 24.1 Å². The molecule has 1 aliphatic heterocycles. The Morgan fingerprint density at radius 1 is 1.09 bits per heavy atom. The van der Waals surface area contributed by atoms with Crippen LogP contribution >= 0.6 is 0 Å². The number of carbonyl (C=O) groups excluding carboxylic acids is 1. The Kier molecular flexibility index (Phi) is 7.02. The standard InChI is InChI=1S/C33H39F3N6O2/c1-20-15-32(16-20,30-40-38-19-41(30)3)22-13-27(39-28(14-22)44-23-7-4-5-8-23)42-18-25-24(29(42)43)11-21(12-26(25)33(34,35)36)17-37-31(2)9-6-10-31/h11-14,19-20,23,37H,4-10,15-18H2,1-3H3/t20-,32-. The van der Waals surface area contributed by atoms with Gasteiger partial charge in [0, 0.05) is 30.8 Å². The summed E-state index contributed by atoms with van der Waals surface area (Å²) in [6.07, 6.45) is 5.82. The van der Waals surface area contributed by atoms with Gasteiger partial charge in [0.15, 0.2) is 0 Å². The number of benzene rings is 1. The summed E-state index contributed by atoms with van der Waals surface area (Å²) >= 11 is 0. The predicted molar refractivity (Wildman–Crippen MR) is 158 cm³/mol. The zero-order chi connectivity index (χ0) is 30.9. The number of nitrogens with zero attached hydrogens (tertiary/aromatic N) is 5. The summed E-state index contributed by atoms with van der Waals surface area (Å²) in [5, 5.41) is 12.0. The number of nitrogens with one attached hydrogen (secondary N) is 1. The van der Waals surface area contributed by atoms with Gasteiger partial charge in [-0.05, 0) is 106 Å². The van der Waals surface area contributed by atoms with Crippen LogP contribution in [0.4, 0.5) is 19.0 Å². The number of aryl methyl sites for hydroxylation is 1. The van der Waals surface area contributed by atoms with Crippen LogP contribution < -0.4 is 15.0 Å². The minimum atomic E-state index is -4.60. The van der Waals surface area contributed by atoms with Gasteiger partial charge in [-0.25, -0.2) is 0 Å². The first-order chi connectivity index (χ1) is 20.9. The molecule has 4 aliphatic rings. The molecular weight excluding hydrogens is 569 g/mol. The van der Waals surface area contributed by atoms with Crippen LogP contribution in [0.25, 0.3) is 0 Å².